The lowest BCUT2D eigenvalue weighted by Crippen LogP contribution is -1.90. The zero-order valence-electron chi connectivity index (χ0n) is 6.94. The molecule has 0 fully saturated rings. The summed E-state index contributed by atoms with van der Waals surface area (Å²) in [7, 11) is 0. The van der Waals surface area contributed by atoms with E-state index in [4.69, 9.17) is 23.2 Å². The van der Waals surface area contributed by atoms with E-state index < -0.39 is 0 Å². The summed E-state index contributed by atoms with van der Waals surface area (Å²) in [6.45, 7) is 3.96. The van der Waals surface area contributed by atoms with E-state index in [-0.39, 0.29) is 11.7 Å². The maximum absolute atomic E-state index is 9.28. The average Bonchev–Trinajstić information content (AvgIpc) is 1.97. The number of hydrogen-bond acceptors (Lipinski definition) is 1. The lowest BCUT2D eigenvalue weighted by atomic mass is 10.0. The van der Waals surface area contributed by atoms with Crippen LogP contribution in [-0.4, -0.2) is 5.11 Å². The molecule has 0 aliphatic carbocycles. The Bertz CT molecular complexity index is 295. The van der Waals surface area contributed by atoms with Crippen molar-refractivity contribution < 1.29 is 5.11 Å². The molecule has 0 saturated carbocycles. The standard InChI is InChI=1S/C9H10Cl2O/c1-5(2)8-6(10)3-4-7(12)9(8)11/h3-5,12H,1-2H3. The topological polar surface area (TPSA) is 20.2 Å². The van der Waals surface area contributed by atoms with Gasteiger partial charge in [-0.15, -0.1) is 0 Å². The van der Waals surface area contributed by atoms with Gasteiger partial charge in [0.2, 0.25) is 0 Å². The fraction of sp³-hybridized carbons (Fsp3) is 0.333. The van der Waals surface area contributed by atoms with Crippen LogP contribution >= 0.6 is 23.2 Å². The van der Waals surface area contributed by atoms with E-state index in [0.29, 0.717) is 10.0 Å². The van der Waals surface area contributed by atoms with Gasteiger partial charge in [0.05, 0.1) is 5.02 Å². The van der Waals surface area contributed by atoms with Gasteiger partial charge in [0, 0.05) is 5.02 Å². The van der Waals surface area contributed by atoms with E-state index in [1.54, 1.807) is 6.07 Å². The first-order chi connectivity index (χ1) is 5.54. The summed E-state index contributed by atoms with van der Waals surface area (Å²) in [4.78, 5) is 0. The zero-order valence-corrected chi connectivity index (χ0v) is 8.45. The Balaban J connectivity index is 3.33. The van der Waals surface area contributed by atoms with Gasteiger partial charge in [-0.2, -0.15) is 0 Å². The minimum atomic E-state index is 0.0877. The number of phenolic OH excluding ortho intramolecular Hbond substituents is 1. The summed E-state index contributed by atoms with van der Waals surface area (Å²) in [6.07, 6.45) is 0. The quantitative estimate of drug-likeness (QED) is 0.738. The van der Waals surface area contributed by atoms with Crippen LogP contribution in [0.4, 0.5) is 0 Å². The van der Waals surface area contributed by atoms with Crippen LogP contribution in [0.5, 0.6) is 5.75 Å². The Morgan fingerprint density at radius 2 is 1.83 bits per heavy atom. The Hall–Kier alpha value is -0.400. The second kappa shape index (κ2) is 3.55. The van der Waals surface area contributed by atoms with Gasteiger partial charge in [-0.3, -0.25) is 0 Å². The molecule has 0 aliphatic rings. The number of halogens is 2. The molecule has 0 aliphatic heterocycles. The van der Waals surface area contributed by atoms with Gasteiger partial charge in [-0.25, -0.2) is 0 Å². The van der Waals surface area contributed by atoms with Gasteiger partial charge in [-0.1, -0.05) is 37.0 Å². The van der Waals surface area contributed by atoms with Crippen molar-refractivity contribution in [2.75, 3.05) is 0 Å². The minimum absolute atomic E-state index is 0.0877. The number of phenols is 1. The molecular formula is C9H10Cl2O. The van der Waals surface area contributed by atoms with Gasteiger partial charge in [0.15, 0.2) is 0 Å². The van der Waals surface area contributed by atoms with Crippen LogP contribution < -0.4 is 0 Å². The van der Waals surface area contributed by atoms with Crippen molar-refractivity contribution >= 4 is 23.2 Å². The first-order valence-electron chi connectivity index (χ1n) is 3.71. The molecule has 0 radical (unpaired) electrons. The number of rotatable bonds is 1. The Labute approximate surface area is 81.9 Å². The van der Waals surface area contributed by atoms with Gasteiger partial charge < -0.3 is 5.11 Å². The van der Waals surface area contributed by atoms with Gasteiger partial charge in [0.1, 0.15) is 5.75 Å². The van der Waals surface area contributed by atoms with E-state index in [2.05, 4.69) is 0 Å². The summed E-state index contributed by atoms with van der Waals surface area (Å²) < 4.78 is 0. The van der Waals surface area contributed by atoms with Crippen molar-refractivity contribution in [3.05, 3.63) is 27.7 Å². The van der Waals surface area contributed by atoms with E-state index in [1.165, 1.54) is 6.07 Å². The molecule has 3 heteroatoms. The van der Waals surface area contributed by atoms with Gasteiger partial charge >= 0.3 is 0 Å². The summed E-state index contributed by atoms with van der Waals surface area (Å²) in [5, 5.41) is 10.2. The third kappa shape index (κ3) is 1.67. The van der Waals surface area contributed by atoms with Crippen LogP contribution in [-0.2, 0) is 0 Å². The molecule has 0 bridgehead atoms. The highest BCUT2D eigenvalue weighted by Gasteiger charge is 2.12. The van der Waals surface area contributed by atoms with E-state index in [1.807, 2.05) is 13.8 Å². The second-order valence-electron chi connectivity index (χ2n) is 2.95. The summed E-state index contributed by atoms with van der Waals surface area (Å²) in [6, 6.07) is 3.15. The number of hydrogen-bond donors (Lipinski definition) is 1. The molecule has 0 saturated heterocycles. The highest BCUT2D eigenvalue weighted by atomic mass is 35.5. The predicted octanol–water partition coefficient (Wildman–Crippen LogP) is 3.82. The largest absolute Gasteiger partial charge is 0.506 e. The van der Waals surface area contributed by atoms with Crippen LogP contribution in [0.3, 0.4) is 0 Å². The monoisotopic (exact) mass is 204 g/mol. The van der Waals surface area contributed by atoms with Crippen molar-refractivity contribution in [3.63, 3.8) is 0 Å². The molecule has 1 N–H and O–H groups in total. The molecule has 66 valence electrons. The summed E-state index contributed by atoms with van der Waals surface area (Å²) in [5.74, 6) is 0.307. The van der Waals surface area contributed by atoms with Gasteiger partial charge in [0.25, 0.3) is 0 Å². The SMILES string of the molecule is CC(C)c1c(Cl)ccc(O)c1Cl. The zero-order chi connectivity index (χ0) is 9.30. The third-order valence-electron chi connectivity index (χ3n) is 1.68. The summed E-state index contributed by atoms with van der Waals surface area (Å²) in [5.41, 5.74) is 0.804. The van der Waals surface area contributed by atoms with Crippen LogP contribution in [0.2, 0.25) is 10.0 Å². The highest BCUT2D eigenvalue weighted by Crippen LogP contribution is 2.36. The lowest BCUT2D eigenvalue weighted by molar-refractivity contribution is 0.474. The maximum Gasteiger partial charge on any atom is 0.134 e. The Kier molecular flexibility index (Phi) is 2.86. The number of aromatic hydroxyl groups is 1. The first kappa shape index (κ1) is 9.69. The van der Waals surface area contributed by atoms with E-state index in [0.717, 1.165) is 5.56 Å². The van der Waals surface area contributed by atoms with Crippen LogP contribution in [0.25, 0.3) is 0 Å². The Morgan fingerprint density at radius 3 is 2.25 bits per heavy atom. The molecule has 1 nitrogen and oxygen atoms in total. The molecule has 1 aromatic rings. The predicted molar refractivity (Wildman–Crippen MR) is 52.2 cm³/mol. The molecule has 0 heterocycles. The average molecular weight is 205 g/mol. The van der Waals surface area contributed by atoms with E-state index >= 15 is 0 Å². The molecule has 0 atom stereocenters. The molecule has 0 spiro atoms. The molecule has 1 aromatic carbocycles. The first-order valence-corrected chi connectivity index (χ1v) is 4.46. The molecule has 0 amide bonds. The molecule has 0 aromatic heterocycles. The Morgan fingerprint density at radius 1 is 1.25 bits per heavy atom. The fourth-order valence-electron chi connectivity index (χ4n) is 1.09. The van der Waals surface area contributed by atoms with Crippen molar-refractivity contribution in [1.82, 2.24) is 0 Å². The summed E-state index contributed by atoms with van der Waals surface area (Å²) >= 11 is 11.8. The normalized spacial score (nSPS) is 10.8. The van der Waals surface area contributed by atoms with Crippen molar-refractivity contribution in [2.45, 2.75) is 19.8 Å². The molecule has 0 unspecified atom stereocenters. The lowest BCUT2D eigenvalue weighted by Gasteiger charge is -2.10. The van der Waals surface area contributed by atoms with Crippen molar-refractivity contribution in [3.8, 4) is 5.75 Å². The fourth-order valence-corrected chi connectivity index (χ4v) is 1.89. The van der Waals surface area contributed by atoms with Gasteiger partial charge in [-0.05, 0) is 23.6 Å². The van der Waals surface area contributed by atoms with Crippen LogP contribution in [0, 0.1) is 0 Å². The van der Waals surface area contributed by atoms with Crippen molar-refractivity contribution in [1.29, 1.82) is 0 Å². The van der Waals surface area contributed by atoms with Crippen LogP contribution in [0.1, 0.15) is 25.3 Å². The molecule has 12 heavy (non-hydrogen) atoms. The van der Waals surface area contributed by atoms with Crippen molar-refractivity contribution in [2.24, 2.45) is 0 Å². The molecular weight excluding hydrogens is 195 g/mol. The molecule has 1 rings (SSSR count). The maximum atomic E-state index is 9.28. The highest BCUT2D eigenvalue weighted by molar-refractivity contribution is 6.37. The van der Waals surface area contributed by atoms with Crippen LogP contribution in [0.15, 0.2) is 12.1 Å². The second-order valence-corrected chi connectivity index (χ2v) is 3.73. The van der Waals surface area contributed by atoms with E-state index in [9.17, 15) is 5.11 Å². The third-order valence-corrected chi connectivity index (χ3v) is 2.41. The smallest absolute Gasteiger partial charge is 0.134 e. The number of benzene rings is 1. The minimum Gasteiger partial charge on any atom is -0.506 e.